The van der Waals surface area contributed by atoms with Crippen LogP contribution in [0.15, 0.2) is 11.6 Å². The van der Waals surface area contributed by atoms with Crippen molar-refractivity contribution in [3.8, 4) is 0 Å². The van der Waals surface area contributed by atoms with Gasteiger partial charge in [-0.1, -0.05) is 6.08 Å². The molecule has 0 saturated carbocycles. The monoisotopic (exact) mass is 243 g/mol. The lowest BCUT2D eigenvalue weighted by atomic mass is 10.2. The molecule has 0 aliphatic heterocycles. The van der Waals surface area contributed by atoms with Crippen molar-refractivity contribution >= 4 is 12.1 Å². The van der Waals surface area contributed by atoms with E-state index in [2.05, 4.69) is 10.1 Å². The van der Waals surface area contributed by atoms with Crippen LogP contribution in [0.2, 0.25) is 0 Å². The number of esters is 1. The minimum atomic E-state index is -0.537. The molecule has 1 amide bonds. The quantitative estimate of drug-likeness (QED) is 0.608. The van der Waals surface area contributed by atoms with E-state index in [1.54, 1.807) is 40.7 Å². The Hall–Kier alpha value is -1.52. The van der Waals surface area contributed by atoms with E-state index >= 15 is 0 Å². The average Bonchev–Trinajstić information content (AvgIpc) is 2.12. The first-order chi connectivity index (χ1) is 7.65. The molecular formula is C12H21NO4. The summed E-state index contributed by atoms with van der Waals surface area (Å²) in [5.41, 5.74) is -0.0960. The SMILES string of the molecule is COC(=O)/C(C)=C\[C@H](C)NC(=O)OC(C)(C)C. The summed E-state index contributed by atoms with van der Waals surface area (Å²) in [6.45, 7) is 8.72. The van der Waals surface area contributed by atoms with Crippen molar-refractivity contribution in [1.29, 1.82) is 0 Å². The van der Waals surface area contributed by atoms with Crippen LogP contribution in [0.4, 0.5) is 4.79 Å². The normalized spacial score (nSPS) is 13.9. The van der Waals surface area contributed by atoms with Crippen LogP contribution in [0.1, 0.15) is 34.6 Å². The number of hydrogen-bond donors (Lipinski definition) is 1. The van der Waals surface area contributed by atoms with E-state index in [1.165, 1.54) is 7.11 Å². The molecule has 1 atom stereocenters. The van der Waals surface area contributed by atoms with Gasteiger partial charge in [0.05, 0.1) is 7.11 Å². The predicted molar refractivity (Wildman–Crippen MR) is 64.6 cm³/mol. The summed E-state index contributed by atoms with van der Waals surface area (Å²) < 4.78 is 9.63. The molecule has 5 heteroatoms. The van der Waals surface area contributed by atoms with E-state index in [1.807, 2.05) is 0 Å². The van der Waals surface area contributed by atoms with Gasteiger partial charge in [0, 0.05) is 11.6 Å². The van der Waals surface area contributed by atoms with Crippen LogP contribution in [-0.2, 0) is 14.3 Å². The number of hydrogen-bond acceptors (Lipinski definition) is 4. The molecule has 0 saturated heterocycles. The number of carbonyl (C=O) groups excluding carboxylic acids is 2. The summed E-state index contributed by atoms with van der Waals surface area (Å²) in [7, 11) is 1.31. The van der Waals surface area contributed by atoms with Crippen LogP contribution < -0.4 is 5.32 Å². The molecule has 0 aromatic carbocycles. The third kappa shape index (κ3) is 7.38. The maximum absolute atomic E-state index is 11.4. The molecule has 98 valence electrons. The van der Waals surface area contributed by atoms with E-state index in [4.69, 9.17) is 4.74 Å². The van der Waals surface area contributed by atoms with Gasteiger partial charge < -0.3 is 14.8 Å². The fourth-order valence-corrected chi connectivity index (χ4v) is 1.14. The number of rotatable bonds is 3. The minimum Gasteiger partial charge on any atom is -0.466 e. The molecule has 5 nitrogen and oxygen atoms in total. The summed E-state index contributed by atoms with van der Waals surface area (Å²) >= 11 is 0. The lowest BCUT2D eigenvalue weighted by molar-refractivity contribution is -0.136. The van der Waals surface area contributed by atoms with Gasteiger partial charge in [-0.3, -0.25) is 0 Å². The number of carbonyl (C=O) groups is 2. The van der Waals surface area contributed by atoms with Crippen molar-refractivity contribution in [2.75, 3.05) is 7.11 Å². The van der Waals surface area contributed by atoms with E-state index in [9.17, 15) is 9.59 Å². The molecule has 0 radical (unpaired) electrons. The number of ether oxygens (including phenoxy) is 2. The number of amides is 1. The summed E-state index contributed by atoms with van der Waals surface area (Å²) in [5.74, 6) is -0.414. The van der Waals surface area contributed by atoms with Gasteiger partial charge >= 0.3 is 12.1 Å². The van der Waals surface area contributed by atoms with Crippen LogP contribution in [0.5, 0.6) is 0 Å². The molecule has 0 aliphatic rings. The number of nitrogens with one attached hydrogen (secondary N) is 1. The maximum Gasteiger partial charge on any atom is 0.408 e. The van der Waals surface area contributed by atoms with E-state index in [-0.39, 0.29) is 6.04 Å². The molecular weight excluding hydrogens is 222 g/mol. The number of methoxy groups -OCH3 is 1. The largest absolute Gasteiger partial charge is 0.466 e. The van der Waals surface area contributed by atoms with Crippen molar-refractivity contribution in [2.24, 2.45) is 0 Å². The molecule has 0 bridgehead atoms. The molecule has 0 fully saturated rings. The Kier molecular flexibility index (Phi) is 5.71. The van der Waals surface area contributed by atoms with Crippen LogP contribution in [0.3, 0.4) is 0 Å². The first-order valence-electron chi connectivity index (χ1n) is 5.42. The van der Waals surface area contributed by atoms with Gasteiger partial charge in [0.2, 0.25) is 0 Å². The molecule has 17 heavy (non-hydrogen) atoms. The first kappa shape index (κ1) is 15.5. The predicted octanol–water partition coefficient (Wildman–Crippen LogP) is 2.02. The zero-order chi connectivity index (χ0) is 13.6. The van der Waals surface area contributed by atoms with Gasteiger partial charge in [-0.05, 0) is 34.6 Å². The lowest BCUT2D eigenvalue weighted by Crippen LogP contribution is -2.37. The van der Waals surface area contributed by atoms with E-state index in [0.29, 0.717) is 5.57 Å². The zero-order valence-corrected chi connectivity index (χ0v) is 11.3. The highest BCUT2D eigenvalue weighted by Crippen LogP contribution is 2.07. The van der Waals surface area contributed by atoms with Gasteiger partial charge in [0.1, 0.15) is 5.60 Å². The molecule has 1 N–H and O–H groups in total. The van der Waals surface area contributed by atoms with Crippen molar-refractivity contribution in [2.45, 2.75) is 46.3 Å². The molecule has 0 aromatic heterocycles. The van der Waals surface area contributed by atoms with Crippen molar-refractivity contribution in [3.63, 3.8) is 0 Å². The van der Waals surface area contributed by atoms with Gasteiger partial charge in [-0.2, -0.15) is 0 Å². The Balaban J connectivity index is 4.32. The summed E-state index contributed by atoms with van der Waals surface area (Å²) in [6, 6.07) is -0.302. The minimum absolute atomic E-state index is 0.302. The first-order valence-corrected chi connectivity index (χ1v) is 5.42. The lowest BCUT2D eigenvalue weighted by Gasteiger charge is -2.21. The Bertz CT molecular complexity index is 315. The standard InChI is InChI=1S/C12H21NO4/c1-8(10(14)16-6)7-9(2)13-11(15)17-12(3,4)5/h7,9H,1-6H3,(H,13,15)/b8-7-/t9-/m0/s1. The summed E-state index contributed by atoms with van der Waals surface area (Å²) in [5, 5.41) is 2.60. The Morgan fingerprint density at radius 2 is 1.82 bits per heavy atom. The smallest absolute Gasteiger partial charge is 0.408 e. The highest BCUT2D eigenvalue weighted by atomic mass is 16.6. The molecule has 0 rings (SSSR count). The molecule has 0 unspecified atom stereocenters. The van der Waals surface area contributed by atoms with Gasteiger partial charge in [0.15, 0.2) is 0 Å². The van der Waals surface area contributed by atoms with Crippen LogP contribution in [0, 0.1) is 0 Å². The fourth-order valence-electron chi connectivity index (χ4n) is 1.14. The summed E-state index contributed by atoms with van der Waals surface area (Å²) in [6.07, 6.45) is 1.09. The van der Waals surface area contributed by atoms with Crippen molar-refractivity contribution < 1.29 is 19.1 Å². The van der Waals surface area contributed by atoms with E-state index in [0.717, 1.165) is 0 Å². The third-order valence-electron chi connectivity index (χ3n) is 1.75. The second kappa shape index (κ2) is 6.27. The molecule has 0 aromatic rings. The third-order valence-corrected chi connectivity index (χ3v) is 1.75. The fraction of sp³-hybridized carbons (Fsp3) is 0.667. The van der Waals surface area contributed by atoms with Crippen LogP contribution in [-0.4, -0.2) is 30.8 Å². The van der Waals surface area contributed by atoms with Gasteiger partial charge in [-0.15, -0.1) is 0 Å². The second-order valence-electron chi connectivity index (χ2n) is 4.78. The molecule has 0 spiro atoms. The average molecular weight is 243 g/mol. The van der Waals surface area contributed by atoms with Gasteiger partial charge in [-0.25, -0.2) is 9.59 Å². The second-order valence-corrected chi connectivity index (χ2v) is 4.78. The van der Waals surface area contributed by atoms with Crippen molar-refractivity contribution in [1.82, 2.24) is 5.32 Å². The summed E-state index contributed by atoms with van der Waals surface area (Å²) in [4.78, 5) is 22.5. The van der Waals surface area contributed by atoms with Gasteiger partial charge in [0.25, 0.3) is 0 Å². The van der Waals surface area contributed by atoms with Crippen LogP contribution >= 0.6 is 0 Å². The topological polar surface area (TPSA) is 64.6 Å². The Morgan fingerprint density at radius 3 is 2.24 bits per heavy atom. The van der Waals surface area contributed by atoms with Crippen LogP contribution in [0.25, 0.3) is 0 Å². The zero-order valence-electron chi connectivity index (χ0n) is 11.3. The van der Waals surface area contributed by atoms with E-state index < -0.39 is 17.7 Å². The molecule has 0 aliphatic carbocycles. The Labute approximate surface area is 102 Å². The highest BCUT2D eigenvalue weighted by Gasteiger charge is 2.17. The number of alkyl carbamates (subject to hydrolysis) is 1. The Morgan fingerprint density at radius 1 is 1.29 bits per heavy atom. The highest BCUT2D eigenvalue weighted by molar-refractivity contribution is 5.87. The maximum atomic E-state index is 11.4. The van der Waals surface area contributed by atoms with Crippen molar-refractivity contribution in [3.05, 3.63) is 11.6 Å². The molecule has 0 heterocycles.